The standard InChI is InChI=1S/C23H19Cl2NO7S/c1-12(2)32-19(27)11-26-21(28)18(34-23(26)30)10-13-8-16(25)20(17(9-13)31-3)33-22(29)14-6-4-5-7-15(14)24/h4-10,12H,11H2,1-3H3/b18-10-. The summed E-state index contributed by atoms with van der Waals surface area (Å²) in [6.45, 7) is 2.84. The van der Waals surface area contributed by atoms with Crippen LogP contribution in [0.3, 0.4) is 0 Å². The van der Waals surface area contributed by atoms with Crippen LogP contribution in [0.1, 0.15) is 29.8 Å². The van der Waals surface area contributed by atoms with Crippen molar-refractivity contribution in [1.29, 1.82) is 0 Å². The van der Waals surface area contributed by atoms with Gasteiger partial charge in [0.2, 0.25) is 0 Å². The van der Waals surface area contributed by atoms with E-state index in [9.17, 15) is 19.2 Å². The molecule has 1 aliphatic rings. The number of carbonyl (C=O) groups excluding carboxylic acids is 4. The van der Waals surface area contributed by atoms with E-state index >= 15 is 0 Å². The van der Waals surface area contributed by atoms with Gasteiger partial charge in [0.1, 0.15) is 6.54 Å². The number of halogens is 2. The molecule has 0 aromatic heterocycles. The summed E-state index contributed by atoms with van der Waals surface area (Å²) in [6, 6.07) is 9.31. The first-order chi connectivity index (χ1) is 16.1. The van der Waals surface area contributed by atoms with Crippen molar-refractivity contribution in [2.75, 3.05) is 13.7 Å². The van der Waals surface area contributed by atoms with Crippen LogP contribution in [0.25, 0.3) is 6.08 Å². The minimum atomic E-state index is -0.729. The number of rotatable bonds is 7. The first kappa shape index (κ1) is 25.6. The zero-order chi connectivity index (χ0) is 25.0. The van der Waals surface area contributed by atoms with E-state index in [1.807, 2.05) is 0 Å². The Morgan fingerprint density at radius 2 is 1.82 bits per heavy atom. The number of methoxy groups -OCH3 is 1. The maximum Gasteiger partial charge on any atom is 0.345 e. The molecule has 1 heterocycles. The normalized spacial score (nSPS) is 14.6. The number of benzene rings is 2. The van der Waals surface area contributed by atoms with Crippen molar-refractivity contribution in [2.24, 2.45) is 0 Å². The second-order valence-corrected chi connectivity index (χ2v) is 9.02. The molecule has 2 aromatic rings. The van der Waals surface area contributed by atoms with Gasteiger partial charge in [0.25, 0.3) is 11.1 Å². The third kappa shape index (κ3) is 5.91. The molecule has 0 bridgehead atoms. The summed E-state index contributed by atoms with van der Waals surface area (Å²) in [6.07, 6.45) is 1.05. The Balaban J connectivity index is 1.83. The van der Waals surface area contributed by atoms with E-state index < -0.39 is 29.6 Å². The second kappa shape index (κ2) is 10.9. The van der Waals surface area contributed by atoms with Gasteiger partial charge in [0.05, 0.1) is 33.7 Å². The predicted molar refractivity (Wildman–Crippen MR) is 128 cm³/mol. The van der Waals surface area contributed by atoms with E-state index in [0.717, 1.165) is 4.90 Å². The van der Waals surface area contributed by atoms with Crippen LogP contribution in [0, 0.1) is 0 Å². The van der Waals surface area contributed by atoms with E-state index in [4.69, 9.17) is 37.4 Å². The fourth-order valence-corrected chi connectivity index (χ4v) is 4.22. The fraction of sp³-hybridized carbons (Fsp3) is 0.217. The molecule has 2 amide bonds. The molecule has 0 aliphatic carbocycles. The molecular formula is C23H19Cl2NO7S. The number of amides is 2. The SMILES string of the molecule is COc1cc(/C=C2\SC(=O)N(CC(=O)OC(C)C)C2=O)cc(Cl)c1OC(=O)c1ccccc1Cl. The molecule has 11 heteroatoms. The number of nitrogens with zero attached hydrogens (tertiary/aromatic N) is 1. The van der Waals surface area contributed by atoms with Gasteiger partial charge < -0.3 is 14.2 Å². The molecule has 2 aromatic carbocycles. The maximum absolute atomic E-state index is 12.6. The van der Waals surface area contributed by atoms with Gasteiger partial charge in [-0.25, -0.2) is 4.79 Å². The van der Waals surface area contributed by atoms with Crippen molar-refractivity contribution >= 4 is 64.1 Å². The molecule has 0 spiro atoms. The van der Waals surface area contributed by atoms with Crippen LogP contribution in [-0.4, -0.2) is 47.7 Å². The number of thioether (sulfide) groups is 1. The lowest BCUT2D eigenvalue weighted by molar-refractivity contribution is -0.149. The van der Waals surface area contributed by atoms with Crippen LogP contribution in [-0.2, 0) is 14.3 Å². The smallest absolute Gasteiger partial charge is 0.345 e. The Kier molecular flexibility index (Phi) is 8.24. The van der Waals surface area contributed by atoms with Crippen LogP contribution in [0.15, 0.2) is 41.3 Å². The van der Waals surface area contributed by atoms with Crippen molar-refractivity contribution in [3.8, 4) is 11.5 Å². The summed E-state index contributed by atoms with van der Waals surface area (Å²) >= 11 is 13.1. The molecule has 1 fully saturated rings. The first-order valence-electron chi connectivity index (χ1n) is 9.89. The van der Waals surface area contributed by atoms with E-state index in [1.165, 1.54) is 31.4 Å². The summed E-state index contributed by atoms with van der Waals surface area (Å²) < 4.78 is 15.7. The van der Waals surface area contributed by atoms with Gasteiger partial charge in [-0.05, 0) is 61.5 Å². The molecule has 0 saturated carbocycles. The van der Waals surface area contributed by atoms with Crippen molar-refractivity contribution in [2.45, 2.75) is 20.0 Å². The van der Waals surface area contributed by atoms with Crippen molar-refractivity contribution in [1.82, 2.24) is 4.90 Å². The molecule has 34 heavy (non-hydrogen) atoms. The van der Waals surface area contributed by atoms with Gasteiger partial charge in [0.15, 0.2) is 11.5 Å². The molecule has 1 saturated heterocycles. The number of ether oxygens (including phenoxy) is 3. The van der Waals surface area contributed by atoms with E-state index in [1.54, 1.807) is 32.0 Å². The van der Waals surface area contributed by atoms with E-state index in [0.29, 0.717) is 17.3 Å². The average Bonchev–Trinajstić information content (AvgIpc) is 3.02. The predicted octanol–water partition coefficient (Wildman–Crippen LogP) is 5.21. The molecule has 178 valence electrons. The largest absolute Gasteiger partial charge is 0.493 e. The van der Waals surface area contributed by atoms with Gasteiger partial charge in [-0.2, -0.15) is 0 Å². The third-order valence-corrected chi connectivity index (χ3v) is 5.88. The minimum Gasteiger partial charge on any atom is -0.493 e. The summed E-state index contributed by atoms with van der Waals surface area (Å²) in [7, 11) is 1.36. The topological polar surface area (TPSA) is 99.2 Å². The highest BCUT2D eigenvalue weighted by Gasteiger charge is 2.37. The average molecular weight is 524 g/mol. The van der Waals surface area contributed by atoms with Gasteiger partial charge >= 0.3 is 11.9 Å². The van der Waals surface area contributed by atoms with Gasteiger partial charge in [-0.3, -0.25) is 19.3 Å². The summed E-state index contributed by atoms with van der Waals surface area (Å²) in [4.78, 5) is 50.2. The third-order valence-electron chi connectivity index (χ3n) is 4.37. The maximum atomic E-state index is 12.6. The Labute approximate surface area is 209 Å². The van der Waals surface area contributed by atoms with Gasteiger partial charge in [0, 0.05) is 0 Å². The quantitative estimate of drug-likeness (QED) is 0.277. The molecule has 0 radical (unpaired) electrons. The Bertz CT molecular complexity index is 1200. The number of esters is 2. The number of imide groups is 1. The van der Waals surface area contributed by atoms with Gasteiger partial charge in [-0.15, -0.1) is 0 Å². The lowest BCUT2D eigenvalue weighted by atomic mass is 10.1. The highest BCUT2D eigenvalue weighted by molar-refractivity contribution is 8.18. The van der Waals surface area contributed by atoms with Crippen LogP contribution in [0.4, 0.5) is 4.79 Å². The molecule has 8 nitrogen and oxygen atoms in total. The zero-order valence-electron chi connectivity index (χ0n) is 18.3. The Hall–Kier alpha value is -3.01. The van der Waals surface area contributed by atoms with Crippen molar-refractivity contribution in [3.05, 3.63) is 62.5 Å². The fourth-order valence-electron chi connectivity index (χ4n) is 2.91. The Morgan fingerprint density at radius 1 is 1.12 bits per heavy atom. The number of carbonyl (C=O) groups is 4. The van der Waals surface area contributed by atoms with E-state index in [-0.39, 0.29) is 38.1 Å². The second-order valence-electron chi connectivity index (χ2n) is 7.21. The van der Waals surface area contributed by atoms with E-state index in [2.05, 4.69) is 0 Å². The minimum absolute atomic E-state index is 0.0317. The van der Waals surface area contributed by atoms with Crippen LogP contribution < -0.4 is 9.47 Å². The molecule has 0 unspecified atom stereocenters. The molecular weight excluding hydrogens is 505 g/mol. The van der Waals surface area contributed by atoms with Crippen molar-refractivity contribution in [3.63, 3.8) is 0 Å². The van der Waals surface area contributed by atoms with Crippen LogP contribution >= 0.6 is 35.0 Å². The highest BCUT2D eigenvalue weighted by Crippen LogP contribution is 2.39. The highest BCUT2D eigenvalue weighted by atomic mass is 35.5. The molecule has 0 N–H and O–H groups in total. The summed E-state index contributed by atoms with van der Waals surface area (Å²) in [5, 5.41) is -0.349. The lowest BCUT2D eigenvalue weighted by Gasteiger charge is -2.13. The summed E-state index contributed by atoms with van der Waals surface area (Å²) in [5.74, 6) is -1.96. The Morgan fingerprint density at radius 3 is 2.47 bits per heavy atom. The lowest BCUT2D eigenvalue weighted by Crippen LogP contribution is -2.35. The van der Waals surface area contributed by atoms with Crippen LogP contribution in [0.2, 0.25) is 10.0 Å². The van der Waals surface area contributed by atoms with Gasteiger partial charge in [-0.1, -0.05) is 35.3 Å². The molecule has 0 atom stereocenters. The summed E-state index contributed by atoms with van der Waals surface area (Å²) in [5.41, 5.74) is 0.561. The zero-order valence-corrected chi connectivity index (χ0v) is 20.6. The monoisotopic (exact) mass is 523 g/mol. The van der Waals surface area contributed by atoms with Crippen LogP contribution in [0.5, 0.6) is 11.5 Å². The first-order valence-corrected chi connectivity index (χ1v) is 11.5. The number of hydrogen-bond acceptors (Lipinski definition) is 8. The molecule has 1 aliphatic heterocycles. The molecule has 3 rings (SSSR count). The van der Waals surface area contributed by atoms with Crippen molar-refractivity contribution < 1.29 is 33.4 Å². The number of hydrogen-bond donors (Lipinski definition) is 0.